The summed E-state index contributed by atoms with van der Waals surface area (Å²) in [6, 6.07) is 12.5. The first-order valence-corrected chi connectivity index (χ1v) is 11.1. The van der Waals surface area contributed by atoms with Gasteiger partial charge in [0.1, 0.15) is 5.75 Å². The molecule has 0 unspecified atom stereocenters. The third-order valence-electron chi connectivity index (χ3n) is 4.94. The number of sulfonamides is 1. The van der Waals surface area contributed by atoms with Gasteiger partial charge in [-0.05, 0) is 61.4 Å². The molecule has 2 N–H and O–H groups in total. The summed E-state index contributed by atoms with van der Waals surface area (Å²) in [4.78, 5) is 25.6. The third kappa shape index (κ3) is 5.29. The lowest BCUT2D eigenvalue weighted by Gasteiger charge is -2.32. The van der Waals surface area contributed by atoms with Gasteiger partial charge in [0.15, 0.2) is 0 Å². The molecule has 1 saturated heterocycles. The Morgan fingerprint density at radius 1 is 1.00 bits per heavy atom. The van der Waals surface area contributed by atoms with Crippen LogP contribution in [0.25, 0.3) is 0 Å². The molecule has 0 radical (unpaired) electrons. The number of nitrogens with zero attached hydrogens (tertiary/aromatic N) is 1. The topological polar surface area (TPSA) is 105 Å². The first kappa shape index (κ1) is 21.6. The number of likely N-dealkylation sites (tertiary alicyclic amines) is 1. The van der Waals surface area contributed by atoms with Gasteiger partial charge in [-0.2, -0.15) is 0 Å². The van der Waals surface area contributed by atoms with Crippen molar-refractivity contribution in [2.75, 3.05) is 24.9 Å². The minimum atomic E-state index is -3.77. The zero-order valence-electron chi connectivity index (χ0n) is 16.9. The van der Waals surface area contributed by atoms with Crippen LogP contribution in [0.3, 0.4) is 0 Å². The average molecular weight is 432 g/mol. The van der Waals surface area contributed by atoms with Gasteiger partial charge in [0, 0.05) is 37.3 Å². The zero-order valence-corrected chi connectivity index (χ0v) is 17.7. The van der Waals surface area contributed by atoms with Crippen molar-refractivity contribution in [3.8, 4) is 5.75 Å². The van der Waals surface area contributed by atoms with E-state index in [1.165, 1.54) is 38.3 Å². The number of amides is 2. The molecule has 2 amide bonds. The molecule has 3 rings (SSSR count). The normalized spacial score (nSPS) is 14.8. The Hall–Kier alpha value is -3.07. The summed E-state index contributed by atoms with van der Waals surface area (Å²) in [7, 11) is -2.24. The third-order valence-corrected chi connectivity index (χ3v) is 6.34. The molecule has 8 nitrogen and oxygen atoms in total. The van der Waals surface area contributed by atoms with Crippen LogP contribution in [0.2, 0.25) is 0 Å². The number of carbonyl (C=O) groups excluding carboxylic acids is 2. The fourth-order valence-electron chi connectivity index (χ4n) is 3.35. The van der Waals surface area contributed by atoms with Gasteiger partial charge in [0.2, 0.25) is 5.91 Å². The average Bonchev–Trinajstić information content (AvgIpc) is 2.74. The fraction of sp³-hybridized carbons (Fsp3) is 0.333. The van der Waals surface area contributed by atoms with E-state index in [4.69, 9.17) is 4.74 Å². The van der Waals surface area contributed by atoms with E-state index in [1.54, 1.807) is 29.2 Å². The van der Waals surface area contributed by atoms with Gasteiger partial charge in [0.05, 0.1) is 12.0 Å². The Kier molecular flexibility index (Phi) is 6.61. The van der Waals surface area contributed by atoms with Crippen LogP contribution < -0.4 is 14.8 Å². The molecule has 0 bridgehead atoms. The monoisotopic (exact) mass is 431 g/mol. The van der Waals surface area contributed by atoms with E-state index in [1.807, 2.05) is 0 Å². The number of hydrogen-bond donors (Lipinski definition) is 2. The van der Waals surface area contributed by atoms with Crippen molar-refractivity contribution in [3.63, 3.8) is 0 Å². The molecule has 1 fully saturated rings. The van der Waals surface area contributed by atoms with E-state index in [-0.39, 0.29) is 22.8 Å². The molecule has 0 aliphatic carbocycles. The van der Waals surface area contributed by atoms with Crippen LogP contribution in [0.4, 0.5) is 5.69 Å². The lowest BCUT2D eigenvalue weighted by atomic mass is 10.0. The van der Waals surface area contributed by atoms with Crippen molar-refractivity contribution in [2.24, 2.45) is 0 Å². The van der Waals surface area contributed by atoms with Crippen LogP contribution in [-0.2, 0) is 14.8 Å². The number of carbonyl (C=O) groups is 2. The first-order chi connectivity index (χ1) is 14.3. The summed E-state index contributed by atoms with van der Waals surface area (Å²) in [5.41, 5.74) is 0.842. The van der Waals surface area contributed by atoms with Crippen molar-refractivity contribution in [1.29, 1.82) is 0 Å². The fourth-order valence-corrected chi connectivity index (χ4v) is 4.41. The minimum Gasteiger partial charge on any atom is -0.497 e. The van der Waals surface area contributed by atoms with Crippen LogP contribution in [0.1, 0.15) is 30.1 Å². The van der Waals surface area contributed by atoms with E-state index < -0.39 is 10.0 Å². The summed E-state index contributed by atoms with van der Waals surface area (Å²) in [6.45, 7) is 2.57. The summed E-state index contributed by atoms with van der Waals surface area (Å²) in [6.07, 6.45) is 1.40. The lowest BCUT2D eigenvalue weighted by molar-refractivity contribution is -0.119. The molecule has 30 heavy (non-hydrogen) atoms. The standard InChI is InChI=1S/C21H25N3O5S/c1-15(25)22-17-11-13-24(14-12-17)21(26)16-3-9-20(10-4-16)30(27,28)23-18-5-7-19(29-2)8-6-18/h3-10,17,23H,11-14H2,1-2H3,(H,22,25). The SMILES string of the molecule is COc1ccc(NS(=O)(=O)c2ccc(C(=O)N3CCC(NC(C)=O)CC3)cc2)cc1. The van der Waals surface area contributed by atoms with Crippen molar-refractivity contribution in [2.45, 2.75) is 30.7 Å². The maximum Gasteiger partial charge on any atom is 0.261 e. The predicted octanol–water partition coefficient (Wildman–Crippen LogP) is 2.24. The van der Waals surface area contributed by atoms with E-state index in [0.29, 0.717) is 42.9 Å². The van der Waals surface area contributed by atoms with E-state index in [2.05, 4.69) is 10.0 Å². The number of rotatable bonds is 6. The molecule has 0 atom stereocenters. The maximum absolute atomic E-state index is 12.7. The van der Waals surface area contributed by atoms with Gasteiger partial charge in [-0.25, -0.2) is 8.42 Å². The summed E-state index contributed by atoms with van der Waals surface area (Å²) in [5, 5.41) is 2.87. The van der Waals surface area contributed by atoms with Crippen molar-refractivity contribution in [3.05, 3.63) is 54.1 Å². The Bertz CT molecular complexity index is 996. The second-order valence-electron chi connectivity index (χ2n) is 7.13. The Morgan fingerprint density at radius 2 is 1.60 bits per heavy atom. The van der Waals surface area contributed by atoms with Crippen LogP contribution in [0, 0.1) is 0 Å². The molecule has 2 aromatic rings. The van der Waals surface area contributed by atoms with Gasteiger partial charge in [0.25, 0.3) is 15.9 Å². The lowest BCUT2D eigenvalue weighted by Crippen LogP contribution is -2.46. The van der Waals surface area contributed by atoms with Crippen LogP contribution in [0.5, 0.6) is 5.75 Å². The Morgan fingerprint density at radius 3 is 2.13 bits per heavy atom. The quantitative estimate of drug-likeness (QED) is 0.730. The van der Waals surface area contributed by atoms with Crippen molar-refractivity contribution < 1.29 is 22.7 Å². The zero-order chi connectivity index (χ0) is 21.7. The number of piperidine rings is 1. The summed E-state index contributed by atoms with van der Waals surface area (Å²) >= 11 is 0. The minimum absolute atomic E-state index is 0.0687. The number of nitrogens with one attached hydrogen (secondary N) is 2. The first-order valence-electron chi connectivity index (χ1n) is 9.62. The van der Waals surface area contributed by atoms with Gasteiger partial charge >= 0.3 is 0 Å². The Labute approximate surface area is 176 Å². The molecule has 2 aromatic carbocycles. The predicted molar refractivity (Wildman–Crippen MR) is 113 cm³/mol. The highest BCUT2D eigenvalue weighted by atomic mass is 32.2. The second-order valence-corrected chi connectivity index (χ2v) is 8.81. The molecular formula is C21H25N3O5S. The number of ether oxygens (including phenoxy) is 1. The van der Waals surface area contributed by atoms with Crippen molar-refractivity contribution >= 4 is 27.5 Å². The highest BCUT2D eigenvalue weighted by Gasteiger charge is 2.24. The number of anilines is 1. The van der Waals surface area contributed by atoms with Gasteiger partial charge < -0.3 is 15.0 Å². The second kappa shape index (κ2) is 9.17. The van der Waals surface area contributed by atoms with Gasteiger partial charge in [-0.15, -0.1) is 0 Å². The largest absolute Gasteiger partial charge is 0.497 e. The highest BCUT2D eigenvalue weighted by Crippen LogP contribution is 2.20. The van der Waals surface area contributed by atoms with Gasteiger partial charge in [-0.3, -0.25) is 14.3 Å². The van der Waals surface area contributed by atoms with Crippen LogP contribution in [0.15, 0.2) is 53.4 Å². The molecule has 1 heterocycles. The van der Waals surface area contributed by atoms with E-state index in [9.17, 15) is 18.0 Å². The number of methoxy groups -OCH3 is 1. The smallest absolute Gasteiger partial charge is 0.261 e. The van der Waals surface area contributed by atoms with Crippen LogP contribution in [-0.4, -0.2) is 51.4 Å². The molecule has 0 aromatic heterocycles. The van der Waals surface area contributed by atoms with Crippen LogP contribution >= 0.6 is 0 Å². The van der Waals surface area contributed by atoms with E-state index >= 15 is 0 Å². The maximum atomic E-state index is 12.7. The van der Waals surface area contributed by atoms with Crippen molar-refractivity contribution in [1.82, 2.24) is 10.2 Å². The summed E-state index contributed by atoms with van der Waals surface area (Å²) < 4.78 is 32.7. The molecular weight excluding hydrogens is 406 g/mol. The Balaban J connectivity index is 1.63. The molecule has 0 saturated carbocycles. The highest BCUT2D eigenvalue weighted by molar-refractivity contribution is 7.92. The molecule has 9 heteroatoms. The van der Waals surface area contributed by atoms with E-state index in [0.717, 1.165) is 0 Å². The number of hydrogen-bond acceptors (Lipinski definition) is 5. The number of benzene rings is 2. The van der Waals surface area contributed by atoms with Gasteiger partial charge in [-0.1, -0.05) is 0 Å². The molecule has 160 valence electrons. The molecule has 1 aliphatic rings. The summed E-state index contributed by atoms with van der Waals surface area (Å²) in [5.74, 6) is 0.407. The molecule has 1 aliphatic heterocycles. The molecule has 0 spiro atoms.